The van der Waals surface area contributed by atoms with Gasteiger partial charge in [0.1, 0.15) is 24.2 Å². The standard InChI is InChI=1S/C23H21N3O3/c1-28-20-11-9-19(10-12-20)22(26-15-13-18-8-5-14-24-21(18)26)25-23(27)29-16-17-6-3-2-4-7-17/h2-15,22H,16H2,1H3,(H,25,27). The van der Waals surface area contributed by atoms with Gasteiger partial charge in [0.05, 0.1) is 7.11 Å². The molecular weight excluding hydrogens is 366 g/mol. The van der Waals surface area contributed by atoms with E-state index in [1.807, 2.05) is 83.6 Å². The monoisotopic (exact) mass is 387 g/mol. The predicted octanol–water partition coefficient (Wildman–Crippen LogP) is 4.52. The number of pyridine rings is 1. The van der Waals surface area contributed by atoms with Crippen molar-refractivity contribution in [2.45, 2.75) is 12.8 Å². The second-order valence-electron chi connectivity index (χ2n) is 6.52. The number of amides is 1. The van der Waals surface area contributed by atoms with Gasteiger partial charge in [-0.15, -0.1) is 0 Å². The third-order valence-corrected chi connectivity index (χ3v) is 4.65. The lowest BCUT2D eigenvalue weighted by Crippen LogP contribution is -2.33. The van der Waals surface area contributed by atoms with Crippen molar-refractivity contribution in [2.75, 3.05) is 7.11 Å². The van der Waals surface area contributed by atoms with E-state index < -0.39 is 12.3 Å². The highest BCUT2D eigenvalue weighted by Crippen LogP contribution is 2.24. The zero-order chi connectivity index (χ0) is 20.1. The predicted molar refractivity (Wildman–Crippen MR) is 111 cm³/mol. The third-order valence-electron chi connectivity index (χ3n) is 4.65. The number of rotatable bonds is 6. The highest BCUT2D eigenvalue weighted by Gasteiger charge is 2.19. The number of ether oxygens (including phenoxy) is 2. The first-order valence-corrected chi connectivity index (χ1v) is 9.27. The van der Waals surface area contributed by atoms with Crippen LogP contribution in [0.15, 0.2) is 85.2 Å². The van der Waals surface area contributed by atoms with Crippen LogP contribution in [-0.2, 0) is 11.3 Å². The summed E-state index contributed by atoms with van der Waals surface area (Å²) < 4.78 is 12.6. The largest absolute Gasteiger partial charge is 0.497 e. The number of hydrogen-bond acceptors (Lipinski definition) is 4. The first kappa shape index (κ1) is 18.6. The molecule has 2 aromatic carbocycles. The lowest BCUT2D eigenvalue weighted by Gasteiger charge is -2.22. The van der Waals surface area contributed by atoms with Gasteiger partial charge in [-0.05, 0) is 41.5 Å². The number of benzene rings is 2. The topological polar surface area (TPSA) is 65.4 Å². The number of fused-ring (bicyclic) bond motifs is 1. The molecule has 0 aliphatic carbocycles. The van der Waals surface area contributed by atoms with Gasteiger partial charge in [-0.25, -0.2) is 9.78 Å². The normalized spacial score (nSPS) is 11.8. The fourth-order valence-electron chi connectivity index (χ4n) is 3.17. The molecule has 2 aromatic heterocycles. The smallest absolute Gasteiger partial charge is 0.409 e. The lowest BCUT2D eigenvalue weighted by atomic mass is 10.1. The van der Waals surface area contributed by atoms with Crippen molar-refractivity contribution in [1.82, 2.24) is 14.9 Å². The number of carbonyl (C=O) groups excluding carboxylic acids is 1. The molecule has 0 aliphatic heterocycles. The Morgan fingerprint density at radius 3 is 2.59 bits per heavy atom. The van der Waals surface area contributed by atoms with Crippen LogP contribution in [-0.4, -0.2) is 22.8 Å². The van der Waals surface area contributed by atoms with Crippen LogP contribution >= 0.6 is 0 Å². The Labute approximate surface area is 168 Å². The van der Waals surface area contributed by atoms with Gasteiger partial charge < -0.3 is 14.0 Å². The second-order valence-corrected chi connectivity index (χ2v) is 6.52. The minimum atomic E-state index is -0.507. The summed E-state index contributed by atoms with van der Waals surface area (Å²) in [5, 5.41) is 3.95. The van der Waals surface area contributed by atoms with E-state index in [-0.39, 0.29) is 6.61 Å². The Morgan fingerprint density at radius 2 is 1.83 bits per heavy atom. The van der Waals surface area contributed by atoms with Crippen LogP contribution in [0.1, 0.15) is 17.3 Å². The first-order valence-electron chi connectivity index (χ1n) is 9.27. The van der Waals surface area contributed by atoms with E-state index in [0.717, 1.165) is 27.9 Å². The summed E-state index contributed by atoms with van der Waals surface area (Å²) in [5.74, 6) is 0.745. The summed E-state index contributed by atoms with van der Waals surface area (Å²) in [5.41, 5.74) is 2.58. The van der Waals surface area contributed by atoms with Gasteiger partial charge >= 0.3 is 6.09 Å². The van der Waals surface area contributed by atoms with Gasteiger partial charge in [-0.2, -0.15) is 0 Å². The van der Waals surface area contributed by atoms with Crippen LogP contribution in [0, 0.1) is 0 Å². The fourth-order valence-corrected chi connectivity index (χ4v) is 3.17. The molecule has 1 N–H and O–H groups in total. The molecule has 0 bridgehead atoms. The molecule has 6 nitrogen and oxygen atoms in total. The summed E-state index contributed by atoms with van der Waals surface area (Å²) in [4.78, 5) is 17.0. The molecule has 2 heterocycles. The van der Waals surface area contributed by atoms with Crippen LogP contribution in [0.25, 0.3) is 11.0 Å². The molecule has 1 atom stereocenters. The van der Waals surface area contributed by atoms with Crippen LogP contribution in [0.5, 0.6) is 5.75 Å². The molecular formula is C23H21N3O3. The zero-order valence-electron chi connectivity index (χ0n) is 16.0. The van der Waals surface area contributed by atoms with Gasteiger partial charge in [0, 0.05) is 17.8 Å². The molecule has 29 heavy (non-hydrogen) atoms. The van der Waals surface area contributed by atoms with Gasteiger partial charge in [-0.1, -0.05) is 42.5 Å². The summed E-state index contributed by atoms with van der Waals surface area (Å²) in [6.07, 6.45) is 2.66. The molecule has 146 valence electrons. The number of alkyl carbamates (subject to hydrolysis) is 1. The minimum absolute atomic E-state index is 0.201. The molecule has 0 spiro atoms. The Kier molecular flexibility index (Phi) is 5.42. The number of aromatic nitrogens is 2. The molecule has 0 saturated carbocycles. The number of nitrogens with zero attached hydrogens (tertiary/aromatic N) is 2. The maximum absolute atomic E-state index is 12.6. The van der Waals surface area contributed by atoms with E-state index >= 15 is 0 Å². The quantitative estimate of drug-likeness (QED) is 0.528. The summed E-state index contributed by atoms with van der Waals surface area (Å²) >= 11 is 0. The lowest BCUT2D eigenvalue weighted by molar-refractivity contribution is 0.134. The number of methoxy groups -OCH3 is 1. The van der Waals surface area contributed by atoms with Gasteiger partial charge in [0.15, 0.2) is 0 Å². The molecule has 4 aromatic rings. The van der Waals surface area contributed by atoms with E-state index in [2.05, 4.69) is 10.3 Å². The minimum Gasteiger partial charge on any atom is -0.497 e. The van der Waals surface area contributed by atoms with Crippen molar-refractivity contribution in [3.8, 4) is 5.75 Å². The Balaban J connectivity index is 1.60. The molecule has 0 saturated heterocycles. The number of carbonyl (C=O) groups is 1. The molecule has 1 unspecified atom stereocenters. The molecule has 6 heteroatoms. The maximum Gasteiger partial charge on any atom is 0.409 e. The van der Waals surface area contributed by atoms with Crippen molar-refractivity contribution in [2.24, 2.45) is 0 Å². The van der Waals surface area contributed by atoms with E-state index in [4.69, 9.17) is 9.47 Å². The number of hydrogen-bond donors (Lipinski definition) is 1. The SMILES string of the molecule is COc1ccc(C(NC(=O)OCc2ccccc2)n2ccc3cccnc32)cc1. The molecule has 0 aliphatic rings. The van der Waals surface area contributed by atoms with Gasteiger partial charge in [-0.3, -0.25) is 5.32 Å². The Bertz CT molecular complexity index is 1090. The van der Waals surface area contributed by atoms with Gasteiger partial charge in [0.25, 0.3) is 0 Å². The molecule has 0 fully saturated rings. The first-order chi connectivity index (χ1) is 14.2. The van der Waals surface area contributed by atoms with Crippen molar-refractivity contribution >= 4 is 17.1 Å². The highest BCUT2D eigenvalue weighted by molar-refractivity contribution is 5.76. The Morgan fingerprint density at radius 1 is 1.03 bits per heavy atom. The zero-order valence-corrected chi connectivity index (χ0v) is 16.0. The van der Waals surface area contributed by atoms with E-state index in [1.54, 1.807) is 13.3 Å². The van der Waals surface area contributed by atoms with Crippen LogP contribution in [0.4, 0.5) is 4.79 Å². The van der Waals surface area contributed by atoms with E-state index in [0.29, 0.717) is 0 Å². The highest BCUT2D eigenvalue weighted by atomic mass is 16.5. The van der Waals surface area contributed by atoms with Gasteiger partial charge in [0.2, 0.25) is 0 Å². The van der Waals surface area contributed by atoms with Crippen LogP contribution < -0.4 is 10.1 Å². The number of nitrogens with one attached hydrogen (secondary N) is 1. The second kappa shape index (κ2) is 8.48. The molecule has 0 radical (unpaired) electrons. The fraction of sp³-hybridized carbons (Fsp3) is 0.130. The van der Waals surface area contributed by atoms with Crippen LogP contribution in [0.3, 0.4) is 0 Å². The van der Waals surface area contributed by atoms with Crippen molar-refractivity contribution in [3.63, 3.8) is 0 Å². The van der Waals surface area contributed by atoms with E-state index in [1.165, 1.54) is 0 Å². The molecule has 1 amide bonds. The van der Waals surface area contributed by atoms with Crippen molar-refractivity contribution in [1.29, 1.82) is 0 Å². The van der Waals surface area contributed by atoms with Crippen molar-refractivity contribution in [3.05, 3.63) is 96.3 Å². The molecule has 4 rings (SSSR count). The summed E-state index contributed by atoms with van der Waals surface area (Å²) in [6, 6.07) is 23.0. The average molecular weight is 387 g/mol. The van der Waals surface area contributed by atoms with Crippen molar-refractivity contribution < 1.29 is 14.3 Å². The van der Waals surface area contributed by atoms with Crippen LogP contribution in [0.2, 0.25) is 0 Å². The average Bonchev–Trinajstić information content (AvgIpc) is 3.21. The maximum atomic E-state index is 12.6. The van der Waals surface area contributed by atoms with E-state index in [9.17, 15) is 4.79 Å². The summed E-state index contributed by atoms with van der Waals surface area (Å²) in [6.45, 7) is 0.201. The Hall–Kier alpha value is -3.80. The summed E-state index contributed by atoms with van der Waals surface area (Å²) in [7, 11) is 1.62. The third kappa shape index (κ3) is 4.21.